The number of ether oxygens (including phenoxy) is 3. The number of hydrogen-bond acceptors (Lipinski definition) is 11. The van der Waals surface area contributed by atoms with Crippen molar-refractivity contribution >= 4 is 66.7 Å². The molecule has 0 atom stereocenters. The van der Waals surface area contributed by atoms with Crippen molar-refractivity contribution in [3.05, 3.63) is 37.9 Å². The number of rotatable bonds is 8. The Morgan fingerprint density at radius 2 is 1.41 bits per heavy atom. The molecule has 0 aliphatic carbocycles. The second-order valence-corrected chi connectivity index (χ2v) is 18.2. The standard InChI is InChI=1S/C17H23BrF3N3O2S.C17H22F3N3O2S.C3H8O2/c1-16(2,3)26-15(25)24-7-4-11(5-8-24)13(14-12(18)6-9-27-14)23-22-10-17(19,20)21;1-16(2,3)25-15(24)22-7-4-11(5-8-22)13-14-12(6-9-26-14)23(21-13)10-17(18,19)20;1-5-3-2-4/h6,9,11,22H,4-5,7-8,10H2,1-3H3;6,9,11H,4-5,7-8,10H2,1-3H3;4H,2-3H2,1H3/b23-13+;;. The van der Waals surface area contributed by atoms with E-state index in [1.807, 2.05) is 53.0 Å². The minimum absolute atomic E-state index is 0.0422. The van der Waals surface area contributed by atoms with Crippen molar-refractivity contribution in [3.8, 4) is 0 Å². The van der Waals surface area contributed by atoms with Crippen LogP contribution >= 0.6 is 38.6 Å². The summed E-state index contributed by atoms with van der Waals surface area (Å²) in [6, 6.07) is 3.52. The van der Waals surface area contributed by atoms with Gasteiger partial charge in [0, 0.05) is 49.6 Å². The van der Waals surface area contributed by atoms with Crippen molar-refractivity contribution in [1.29, 1.82) is 0 Å². The van der Waals surface area contributed by atoms with Gasteiger partial charge in [-0.25, -0.2) is 9.59 Å². The molecule has 0 unspecified atom stereocenters. The maximum absolute atomic E-state index is 12.8. The number of nitrogens with one attached hydrogen (secondary N) is 1. The van der Waals surface area contributed by atoms with Crippen LogP contribution in [-0.4, -0.2) is 119 Å². The van der Waals surface area contributed by atoms with Gasteiger partial charge in [0.05, 0.1) is 39.7 Å². The average Bonchev–Trinajstić information content (AvgIpc) is 3.84. The third-order valence-corrected chi connectivity index (χ3v) is 11.2. The molecule has 2 fully saturated rings. The summed E-state index contributed by atoms with van der Waals surface area (Å²) < 4.78 is 93.6. The Bertz CT molecular complexity index is 1770. The quantitative estimate of drug-likeness (QED) is 0.130. The van der Waals surface area contributed by atoms with Gasteiger partial charge in [0.15, 0.2) is 0 Å². The molecule has 2 aliphatic heterocycles. The van der Waals surface area contributed by atoms with Crippen LogP contribution in [0.1, 0.15) is 83.7 Å². The molecule has 21 heteroatoms. The number of likely N-dealkylation sites (tertiary alicyclic amines) is 2. The predicted molar refractivity (Wildman–Crippen MR) is 216 cm³/mol. The zero-order valence-corrected chi connectivity index (χ0v) is 36.9. The number of methoxy groups -OCH3 is 1. The summed E-state index contributed by atoms with van der Waals surface area (Å²) in [5.41, 5.74) is 2.86. The fraction of sp³-hybridized carbons (Fsp3) is 0.676. The molecule has 5 heterocycles. The second kappa shape index (κ2) is 21.4. The molecular weight excluding hydrogens is 882 g/mol. The van der Waals surface area contributed by atoms with Crippen molar-refractivity contribution in [2.24, 2.45) is 11.0 Å². The van der Waals surface area contributed by atoms with E-state index in [1.165, 1.54) is 22.7 Å². The van der Waals surface area contributed by atoms with Gasteiger partial charge in [0.25, 0.3) is 0 Å². The highest BCUT2D eigenvalue weighted by Crippen LogP contribution is 2.37. The van der Waals surface area contributed by atoms with Gasteiger partial charge < -0.3 is 34.5 Å². The van der Waals surface area contributed by atoms with Crippen LogP contribution in [0.2, 0.25) is 0 Å². The molecule has 12 nitrogen and oxygen atoms in total. The molecule has 5 rings (SSSR count). The Kier molecular flexibility index (Phi) is 18.2. The number of aliphatic hydroxyl groups is 1. The Hall–Kier alpha value is -3.14. The number of carbonyl (C=O) groups is 2. The van der Waals surface area contributed by atoms with Gasteiger partial charge in [-0.15, -0.1) is 22.7 Å². The zero-order valence-electron chi connectivity index (χ0n) is 33.6. The van der Waals surface area contributed by atoms with Crippen LogP contribution < -0.4 is 5.43 Å². The Balaban J connectivity index is 0.000000278. The number of hydrazone groups is 1. The number of alkyl halides is 6. The van der Waals surface area contributed by atoms with Crippen LogP contribution in [0.3, 0.4) is 0 Å². The van der Waals surface area contributed by atoms with E-state index in [2.05, 4.69) is 36.3 Å². The number of amides is 2. The maximum Gasteiger partial charge on any atom is 0.410 e. The fourth-order valence-corrected chi connectivity index (χ4v) is 8.52. The third kappa shape index (κ3) is 16.5. The van der Waals surface area contributed by atoms with Crippen molar-refractivity contribution in [2.75, 3.05) is 53.0 Å². The van der Waals surface area contributed by atoms with E-state index in [0.29, 0.717) is 75.4 Å². The number of nitrogens with zero attached hydrogens (tertiary/aromatic N) is 5. The maximum atomic E-state index is 12.8. The second-order valence-electron chi connectivity index (χ2n) is 15.5. The number of fused-ring (bicyclic) bond motifs is 1. The molecule has 2 N–H and O–H groups in total. The number of aliphatic hydroxyl groups excluding tert-OH is 1. The van der Waals surface area contributed by atoms with E-state index in [-0.39, 0.29) is 30.6 Å². The van der Waals surface area contributed by atoms with E-state index in [4.69, 9.17) is 14.6 Å². The third-order valence-electron chi connectivity index (χ3n) is 8.40. The molecular formula is C37H53BrF6N6O6S2. The fourth-order valence-electron chi connectivity index (χ4n) is 5.92. The van der Waals surface area contributed by atoms with E-state index in [9.17, 15) is 35.9 Å². The molecule has 2 saturated heterocycles. The van der Waals surface area contributed by atoms with Gasteiger partial charge in [0.1, 0.15) is 24.3 Å². The van der Waals surface area contributed by atoms with Crippen LogP contribution in [0, 0.1) is 5.92 Å². The minimum atomic E-state index is -4.33. The summed E-state index contributed by atoms with van der Waals surface area (Å²) >= 11 is 6.26. The first-order valence-electron chi connectivity index (χ1n) is 18.6. The van der Waals surface area contributed by atoms with Crippen molar-refractivity contribution < 1.29 is 55.2 Å². The number of thiophene rings is 2. The van der Waals surface area contributed by atoms with Crippen molar-refractivity contribution in [3.63, 3.8) is 0 Å². The predicted octanol–water partition coefficient (Wildman–Crippen LogP) is 9.41. The summed E-state index contributed by atoms with van der Waals surface area (Å²) in [6.45, 7) is 11.1. The Morgan fingerprint density at radius 1 is 0.879 bits per heavy atom. The smallest absolute Gasteiger partial charge is 0.410 e. The highest BCUT2D eigenvalue weighted by Gasteiger charge is 2.34. The van der Waals surface area contributed by atoms with Crippen LogP contribution in [0.5, 0.6) is 0 Å². The zero-order chi connectivity index (χ0) is 43.5. The van der Waals surface area contributed by atoms with Gasteiger partial charge in [-0.1, -0.05) is 0 Å². The summed E-state index contributed by atoms with van der Waals surface area (Å²) in [4.78, 5) is 28.4. The summed E-state index contributed by atoms with van der Waals surface area (Å²) in [5.74, 6) is 0.00342. The van der Waals surface area contributed by atoms with E-state index < -0.39 is 36.6 Å². The number of piperidine rings is 2. The van der Waals surface area contributed by atoms with Gasteiger partial charge in [-0.2, -0.15) is 36.5 Å². The topological polar surface area (TPSA) is 131 Å². The summed E-state index contributed by atoms with van der Waals surface area (Å²) in [6.07, 6.45) is -6.82. The van der Waals surface area contributed by atoms with Gasteiger partial charge in [-0.3, -0.25) is 4.68 Å². The molecule has 0 bridgehead atoms. The number of halogens is 7. The SMILES string of the molecule is CC(C)(C)OC(=O)N1CCC(/C(=N\NCC(F)(F)F)c2sccc2Br)CC1.CC(C)(C)OC(=O)N1CCC(c2nn(CC(F)(F)F)c3ccsc23)CC1.COCCO. The molecule has 58 heavy (non-hydrogen) atoms. The minimum Gasteiger partial charge on any atom is -0.444 e. The highest BCUT2D eigenvalue weighted by molar-refractivity contribution is 9.10. The first kappa shape index (κ1) is 49.2. The first-order chi connectivity index (χ1) is 26.9. The number of aromatic nitrogens is 2. The monoisotopic (exact) mass is 934 g/mol. The van der Waals surface area contributed by atoms with E-state index >= 15 is 0 Å². The molecule has 2 aliphatic rings. The van der Waals surface area contributed by atoms with Crippen LogP contribution in [-0.2, 0) is 20.8 Å². The average molecular weight is 936 g/mol. The lowest BCUT2D eigenvalue weighted by Gasteiger charge is -2.33. The van der Waals surface area contributed by atoms with Crippen molar-refractivity contribution in [2.45, 2.75) is 103 Å². The first-order valence-corrected chi connectivity index (χ1v) is 21.1. The molecule has 3 aromatic rings. The molecule has 0 radical (unpaired) electrons. The largest absolute Gasteiger partial charge is 0.444 e. The Morgan fingerprint density at radius 3 is 1.84 bits per heavy atom. The van der Waals surface area contributed by atoms with Crippen LogP contribution in [0.25, 0.3) is 10.2 Å². The summed E-state index contributed by atoms with van der Waals surface area (Å²) in [5, 5.41) is 19.9. The Labute approximate surface area is 351 Å². The van der Waals surface area contributed by atoms with Crippen molar-refractivity contribution in [1.82, 2.24) is 25.0 Å². The molecule has 328 valence electrons. The normalized spacial score (nSPS) is 16.4. The van der Waals surface area contributed by atoms with Gasteiger partial charge >= 0.3 is 24.5 Å². The van der Waals surface area contributed by atoms with E-state index in [0.717, 1.165) is 18.7 Å². The number of hydrogen-bond donors (Lipinski definition) is 2. The highest BCUT2D eigenvalue weighted by atomic mass is 79.9. The number of carbonyl (C=O) groups excluding carboxylic acids is 2. The van der Waals surface area contributed by atoms with Gasteiger partial charge in [0.2, 0.25) is 0 Å². The molecule has 0 spiro atoms. The lowest BCUT2D eigenvalue weighted by atomic mass is 9.91. The van der Waals surface area contributed by atoms with Crippen LogP contribution in [0.15, 0.2) is 32.5 Å². The summed E-state index contributed by atoms with van der Waals surface area (Å²) in [7, 11) is 1.55. The molecule has 2 amide bonds. The molecule has 0 aromatic carbocycles. The lowest BCUT2D eigenvalue weighted by molar-refractivity contribution is -0.142. The molecule has 3 aromatic heterocycles. The molecule has 0 saturated carbocycles. The van der Waals surface area contributed by atoms with Crippen LogP contribution in [0.4, 0.5) is 35.9 Å². The van der Waals surface area contributed by atoms with E-state index in [1.54, 1.807) is 28.4 Å². The van der Waals surface area contributed by atoms with Gasteiger partial charge in [-0.05, 0) is 106 Å². The lowest BCUT2D eigenvalue weighted by Crippen LogP contribution is -2.43.